The summed E-state index contributed by atoms with van der Waals surface area (Å²) in [4.78, 5) is 7.53. The van der Waals surface area contributed by atoms with Crippen LogP contribution in [0.5, 0.6) is 5.88 Å². The smallest absolute Gasteiger partial charge is 0.222 e. The van der Waals surface area contributed by atoms with E-state index in [1.165, 1.54) is 0 Å². The van der Waals surface area contributed by atoms with E-state index in [2.05, 4.69) is 16.0 Å². The van der Waals surface area contributed by atoms with Crippen LogP contribution in [0.4, 0.5) is 0 Å². The molecule has 1 heterocycles. The normalized spacial score (nSPS) is 9.56. The molecule has 1 aromatic rings. The van der Waals surface area contributed by atoms with Gasteiger partial charge in [0.15, 0.2) is 0 Å². The van der Waals surface area contributed by atoms with Gasteiger partial charge in [-0.2, -0.15) is 4.98 Å². The third-order valence-electron chi connectivity index (χ3n) is 0.890. The molecule has 47 valence electrons. The van der Waals surface area contributed by atoms with Crippen LogP contribution in [0.2, 0.25) is 0 Å². The number of aryl methyl sites for hydroxylation is 2. The second-order valence-electron chi connectivity index (χ2n) is 1.80. The minimum atomic E-state index is -0.0833. The molecule has 0 bridgehead atoms. The summed E-state index contributed by atoms with van der Waals surface area (Å²) in [6.07, 6.45) is 0. The highest BCUT2D eigenvalue weighted by molar-refractivity contribution is 5.10. The van der Waals surface area contributed by atoms with E-state index in [0.717, 1.165) is 0 Å². The van der Waals surface area contributed by atoms with E-state index in [1.54, 1.807) is 13.8 Å². The second kappa shape index (κ2) is 2.01. The summed E-state index contributed by atoms with van der Waals surface area (Å²) in [6, 6.07) is 2.54. The zero-order valence-corrected chi connectivity index (χ0v) is 5.34. The van der Waals surface area contributed by atoms with Gasteiger partial charge in [0.2, 0.25) is 5.88 Å². The molecule has 0 atom stereocenters. The Labute approximate surface area is 53.4 Å². The first-order chi connectivity index (χ1) is 4.18. The van der Waals surface area contributed by atoms with Gasteiger partial charge in [-0.25, -0.2) is 4.98 Å². The Kier molecular flexibility index (Phi) is 1.34. The van der Waals surface area contributed by atoms with Crippen molar-refractivity contribution >= 4 is 0 Å². The van der Waals surface area contributed by atoms with Crippen molar-refractivity contribution < 1.29 is 5.11 Å². The summed E-state index contributed by atoms with van der Waals surface area (Å²) >= 11 is 0. The average molecular weight is 123 g/mol. The summed E-state index contributed by atoms with van der Waals surface area (Å²) in [5.74, 6) is 0.490. The minimum absolute atomic E-state index is 0.0833. The molecule has 3 nitrogen and oxygen atoms in total. The third kappa shape index (κ3) is 1.38. The van der Waals surface area contributed by atoms with Crippen LogP contribution in [0.3, 0.4) is 0 Å². The summed E-state index contributed by atoms with van der Waals surface area (Å²) in [5, 5.41) is 8.79. The second-order valence-corrected chi connectivity index (χ2v) is 1.80. The molecular formula is C6H7N2O. The highest BCUT2D eigenvalue weighted by Crippen LogP contribution is 2.02. The largest absolute Gasteiger partial charge is 0.493 e. The van der Waals surface area contributed by atoms with Crippen molar-refractivity contribution in [1.29, 1.82) is 0 Å². The molecule has 1 aromatic heterocycles. The molecule has 1 rings (SSSR count). The molecule has 0 fully saturated rings. The quantitative estimate of drug-likeness (QED) is 0.549. The molecule has 1 N–H and O–H groups in total. The molecular weight excluding hydrogens is 116 g/mol. The molecule has 0 unspecified atom stereocenters. The van der Waals surface area contributed by atoms with E-state index in [9.17, 15) is 0 Å². The van der Waals surface area contributed by atoms with Crippen LogP contribution in [0.15, 0.2) is 0 Å². The summed E-state index contributed by atoms with van der Waals surface area (Å²) < 4.78 is 0. The lowest BCUT2D eigenvalue weighted by Crippen LogP contribution is -1.89. The van der Waals surface area contributed by atoms with Gasteiger partial charge in [0, 0.05) is 0 Å². The molecule has 0 amide bonds. The first kappa shape index (κ1) is 6.01. The minimum Gasteiger partial charge on any atom is -0.493 e. The van der Waals surface area contributed by atoms with Crippen LogP contribution in [-0.2, 0) is 0 Å². The van der Waals surface area contributed by atoms with Gasteiger partial charge < -0.3 is 5.11 Å². The third-order valence-corrected chi connectivity index (χ3v) is 0.890. The van der Waals surface area contributed by atoms with Gasteiger partial charge in [0.25, 0.3) is 0 Å². The number of aromatic hydroxyl groups is 1. The Morgan fingerprint density at radius 2 is 2.00 bits per heavy atom. The maximum atomic E-state index is 8.79. The SMILES string of the molecule is Cc1[c]c(O)nc(C)n1. The van der Waals surface area contributed by atoms with Crippen molar-refractivity contribution in [1.82, 2.24) is 9.97 Å². The molecule has 0 spiro atoms. The molecule has 0 aliphatic rings. The Morgan fingerprint density at radius 1 is 1.33 bits per heavy atom. The highest BCUT2D eigenvalue weighted by atomic mass is 16.3. The lowest BCUT2D eigenvalue weighted by atomic mass is 10.4. The van der Waals surface area contributed by atoms with Crippen LogP contribution in [-0.4, -0.2) is 15.1 Å². The predicted molar refractivity (Wildman–Crippen MR) is 32.0 cm³/mol. The van der Waals surface area contributed by atoms with Crippen molar-refractivity contribution in [3.63, 3.8) is 0 Å². The molecule has 9 heavy (non-hydrogen) atoms. The van der Waals surface area contributed by atoms with Crippen molar-refractivity contribution in [2.45, 2.75) is 13.8 Å². The Morgan fingerprint density at radius 3 is 2.44 bits per heavy atom. The Bertz CT molecular complexity index is 172. The van der Waals surface area contributed by atoms with Crippen LogP contribution >= 0.6 is 0 Å². The molecule has 0 aliphatic carbocycles. The van der Waals surface area contributed by atoms with Crippen molar-refractivity contribution in [2.75, 3.05) is 0 Å². The average Bonchev–Trinajstić information content (AvgIpc) is 1.59. The van der Waals surface area contributed by atoms with Crippen LogP contribution in [0.1, 0.15) is 11.5 Å². The van der Waals surface area contributed by atoms with Crippen molar-refractivity contribution in [3.8, 4) is 5.88 Å². The molecule has 0 aromatic carbocycles. The lowest BCUT2D eigenvalue weighted by Gasteiger charge is -1.93. The van der Waals surface area contributed by atoms with Gasteiger partial charge in [-0.1, -0.05) is 0 Å². The zero-order chi connectivity index (χ0) is 6.85. The number of nitrogens with zero attached hydrogens (tertiary/aromatic N) is 2. The molecule has 3 heteroatoms. The van der Waals surface area contributed by atoms with E-state index in [-0.39, 0.29) is 5.88 Å². The van der Waals surface area contributed by atoms with Gasteiger partial charge in [-0.05, 0) is 13.8 Å². The monoisotopic (exact) mass is 123 g/mol. The van der Waals surface area contributed by atoms with Crippen molar-refractivity contribution in [2.24, 2.45) is 0 Å². The first-order valence-corrected chi connectivity index (χ1v) is 2.62. The van der Waals surface area contributed by atoms with Gasteiger partial charge in [0.1, 0.15) is 5.82 Å². The molecule has 0 aliphatic heterocycles. The number of hydrogen-bond donors (Lipinski definition) is 1. The molecule has 0 saturated carbocycles. The van der Waals surface area contributed by atoms with E-state index in [0.29, 0.717) is 11.5 Å². The summed E-state index contributed by atoms with van der Waals surface area (Å²) in [5.41, 5.74) is 0.667. The van der Waals surface area contributed by atoms with Crippen LogP contribution < -0.4 is 0 Å². The summed E-state index contributed by atoms with van der Waals surface area (Å²) in [7, 11) is 0. The fourth-order valence-electron chi connectivity index (χ4n) is 0.639. The Hall–Kier alpha value is -1.12. The number of hydrogen-bond acceptors (Lipinski definition) is 3. The molecule has 1 radical (unpaired) electrons. The van der Waals surface area contributed by atoms with Gasteiger partial charge in [0.05, 0.1) is 11.8 Å². The van der Waals surface area contributed by atoms with Gasteiger partial charge >= 0.3 is 0 Å². The summed E-state index contributed by atoms with van der Waals surface area (Å²) in [6.45, 7) is 3.48. The van der Waals surface area contributed by atoms with Crippen LogP contribution in [0.25, 0.3) is 0 Å². The molecule has 0 saturated heterocycles. The maximum Gasteiger partial charge on any atom is 0.222 e. The van der Waals surface area contributed by atoms with E-state index in [4.69, 9.17) is 5.11 Å². The number of rotatable bonds is 0. The van der Waals surface area contributed by atoms with E-state index >= 15 is 0 Å². The van der Waals surface area contributed by atoms with Gasteiger partial charge in [-0.3, -0.25) is 0 Å². The topological polar surface area (TPSA) is 46.0 Å². The van der Waals surface area contributed by atoms with Crippen molar-refractivity contribution in [3.05, 3.63) is 17.6 Å². The van der Waals surface area contributed by atoms with E-state index < -0.39 is 0 Å². The maximum absolute atomic E-state index is 8.79. The van der Waals surface area contributed by atoms with E-state index in [1.807, 2.05) is 0 Å². The van der Waals surface area contributed by atoms with Crippen LogP contribution in [0, 0.1) is 19.9 Å². The zero-order valence-electron chi connectivity index (χ0n) is 5.34. The Balaban J connectivity index is 3.17. The highest BCUT2D eigenvalue weighted by Gasteiger charge is 1.93. The standard InChI is InChI=1S/C6H7N2O/c1-4-3-6(9)8-5(2)7-4/h1-2H3,(H,7,8,9). The fraction of sp³-hybridized carbons (Fsp3) is 0.333. The lowest BCUT2D eigenvalue weighted by molar-refractivity contribution is 0.448. The fourth-order valence-corrected chi connectivity index (χ4v) is 0.639. The number of aromatic nitrogens is 2. The first-order valence-electron chi connectivity index (χ1n) is 2.62. The van der Waals surface area contributed by atoms with Gasteiger partial charge in [-0.15, -0.1) is 0 Å². The predicted octanol–water partition coefficient (Wildman–Crippen LogP) is 0.599.